The van der Waals surface area contributed by atoms with E-state index in [-0.39, 0.29) is 24.5 Å². The van der Waals surface area contributed by atoms with Crippen LogP contribution in [0.3, 0.4) is 0 Å². The van der Waals surface area contributed by atoms with E-state index >= 15 is 0 Å². The molecule has 1 amide bonds. The first-order valence-corrected chi connectivity index (χ1v) is 14.8. The van der Waals surface area contributed by atoms with Crippen LogP contribution in [0.25, 0.3) is 0 Å². The molecule has 0 N–H and O–H groups in total. The standard InChI is InChI=1S/C31H42FN7O3/c1-31(2,3)42-30(40)39-15-14-38(19-24(39)10-12-33)28-26-11-13-37(17-22-8-6-5-7-9-22)20-27(26)34-29(35-28)41-21-25-16-23(32)18-36(25)4/h5-9,23-25H,10-11,13-21H2,1-4H3/t23-,24+,25+/m1/s1. The maximum absolute atomic E-state index is 14.0. The predicted octanol–water partition coefficient (Wildman–Crippen LogP) is 3.80. The summed E-state index contributed by atoms with van der Waals surface area (Å²) in [6, 6.07) is 12.5. The average Bonchev–Trinajstić information content (AvgIpc) is 3.27. The molecule has 2 fully saturated rings. The van der Waals surface area contributed by atoms with Crippen LogP contribution in [0, 0.1) is 11.3 Å². The van der Waals surface area contributed by atoms with E-state index in [0.717, 1.165) is 36.6 Å². The number of fused-ring (bicyclic) bond motifs is 1. The van der Waals surface area contributed by atoms with E-state index < -0.39 is 17.9 Å². The molecule has 11 heteroatoms. The summed E-state index contributed by atoms with van der Waals surface area (Å²) in [6.45, 7) is 10.0. The number of hydrogen-bond donors (Lipinski definition) is 0. The summed E-state index contributed by atoms with van der Waals surface area (Å²) in [4.78, 5) is 30.9. The van der Waals surface area contributed by atoms with Crippen molar-refractivity contribution in [1.82, 2.24) is 24.7 Å². The first-order valence-electron chi connectivity index (χ1n) is 14.8. The van der Waals surface area contributed by atoms with E-state index in [1.165, 1.54) is 5.56 Å². The minimum atomic E-state index is -0.853. The van der Waals surface area contributed by atoms with Gasteiger partial charge in [0.2, 0.25) is 0 Å². The van der Waals surface area contributed by atoms with Crippen LogP contribution >= 0.6 is 0 Å². The summed E-state index contributed by atoms with van der Waals surface area (Å²) in [5.74, 6) is 0.796. The van der Waals surface area contributed by atoms with Crippen molar-refractivity contribution in [2.45, 2.75) is 77.0 Å². The summed E-state index contributed by atoms with van der Waals surface area (Å²) in [5, 5.41) is 9.58. The number of likely N-dealkylation sites (tertiary alicyclic amines) is 1. The molecule has 226 valence electrons. The number of carbonyl (C=O) groups excluding carboxylic acids is 1. The third kappa shape index (κ3) is 7.28. The molecule has 42 heavy (non-hydrogen) atoms. The number of amides is 1. The zero-order valence-corrected chi connectivity index (χ0v) is 25.1. The molecule has 0 saturated carbocycles. The number of ether oxygens (including phenoxy) is 2. The second-order valence-corrected chi connectivity index (χ2v) is 12.6. The number of halogens is 1. The van der Waals surface area contributed by atoms with Crippen molar-refractivity contribution in [3.63, 3.8) is 0 Å². The Morgan fingerprint density at radius 1 is 1.12 bits per heavy atom. The van der Waals surface area contributed by atoms with Crippen molar-refractivity contribution in [3.05, 3.63) is 47.2 Å². The highest BCUT2D eigenvalue weighted by Crippen LogP contribution is 2.32. The molecule has 0 unspecified atom stereocenters. The van der Waals surface area contributed by atoms with Crippen LogP contribution < -0.4 is 9.64 Å². The number of piperazine rings is 1. The van der Waals surface area contributed by atoms with Gasteiger partial charge in [-0.05, 0) is 46.2 Å². The third-order valence-electron chi connectivity index (χ3n) is 8.13. The Hall–Kier alpha value is -3.49. The second-order valence-electron chi connectivity index (χ2n) is 12.6. The van der Waals surface area contributed by atoms with Crippen LogP contribution in [-0.4, -0.2) is 101 Å². The Morgan fingerprint density at radius 2 is 1.90 bits per heavy atom. The smallest absolute Gasteiger partial charge is 0.410 e. The lowest BCUT2D eigenvalue weighted by molar-refractivity contribution is 0.0144. The van der Waals surface area contributed by atoms with Crippen LogP contribution in [0.1, 0.15) is 50.4 Å². The molecule has 1 aromatic carbocycles. The van der Waals surface area contributed by atoms with E-state index in [4.69, 9.17) is 19.4 Å². The van der Waals surface area contributed by atoms with Gasteiger partial charge in [0.25, 0.3) is 0 Å². The normalized spacial score (nSPS) is 23.4. The number of hydrogen-bond acceptors (Lipinski definition) is 9. The molecular formula is C31H42FN7O3. The third-order valence-corrected chi connectivity index (χ3v) is 8.13. The SMILES string of the molecule is CN1C[C@H](F)C[C@H]1COc1nc2c(c(N3CCN(C(=O)OC(C)(C)C)[C@@H](CC#N)C3)n1)CCN(Cc1ccccc1)C2. The number of nitriles is 1. The minimum absolute atomic E-state index is 0.0324. The van der Waals surface area contributed by atoms with Gasteiger partial charge in [0, 0.05) is 57.4 Å². The Labute approximate surface area is 248 Å². The molecular weight excluding hydrogens is 537 g/mol. The monoisotopic (exact) mass is 579 g/mol. The summed E-state index contributed by atoms with van der Waals surface area (Å²) < 4.78 is 25.8. The van der Waals surface area contributed by atoms with Gasteiger partial charge in [-0.25, -0.2) is 9.18 Å². The average molecular weight is 580 g/mol. The number of likely N-dealkylation sites (N-methyl/N-ethyl adjacent to an activating group) is 1. The topological polar surface area (TPSA) is 98.1 Å². The molecule has 3 aliphatic rings. The zero-order valence-electron chi connectivity index (χ0n) is 25.1. The molecule has 0 aliphatic carbocycles. The fourth-order valence-corrected chi connectivity index (χ4v) is 6.01. The summed E-state index contributed by atoms with van der Waals surface area (Å²) in [7, 11) is 1.91. The highest BCUT2D eigenvalue weighted by Gasteiger charge is 2.36. The summed E-state index contributed by atoms with van der Waals surface area (Å²) in [6.07, 6.45) is 0.145. The van der Waals surface area contributed by atoms with Gasteiger partial charge in [-0.3, -0.25) is 9.80 Å². The number of carbonyl (C=O) groups is 1. The highest BCUT2D eigenvalue weighted by atomic mass is 19.1. The van der Waals surface area contributed by atoms with Crippen LogP contribution in [0.5, 0.6) is 6.01 Å². The Kier molecular flexibility index (Phi) is 9.13. The van der Waals surface area contributed by atoms with E-state index in [2.05, 4.69) is 40.1 Å². The summed E-state index contributed by atoms with van der Waals surface area (Å²) in [5.41, 5.74) is 2.63. The zero-order chi connectivity index (χ0) is 29.9. The van der Waals surface area contributed by atoms with Gasteiger partial charge in [-0.2, -0.15) is 15.2 Å². The molecule has 10 nitrogen and oxygen atoms in total. The second kappa shape index (κ2) is 12.8. The van der Waals surface area contributed by atoms with Crippen LogP contribution in [0.4, 0.5) is 15.0 Å². The first kappa shape index (κ1) is 30.0. The molecule has 2 saturated heterocycles. The Balaban J connectivity index is 1.39. The van der Waals surface area contributed by atoms with Gasteiger partial charge in [0.15, 0.2) is 0 Å². The maximum Gasteiger partial charge on any atom is 0.410 e. The predicted molar refractivity (Wildman–Crippen MR) is 157 cm³/mol. The molecule has 0 radical (unpaired) electrons. The molecule has 0 bridgehead atoms. The highest BCUT2D eigenvalue weighted by molar-refractivity contribution is 5.69. The maximum atomic E-state index is 14.0. The van der Waals surface area contributed by atoms with Gasteiger partial charge >= 0.3 is 12.1 Å². The number of aromatic nitrogens is 2. The number of anilines is 1. The lowest BCUT2D eigenvalue weighted by atomic mass is 10.0. The van der Waals surface area contributed by atoms with Crippen molar-refractivity contribution >= 4 is 11.9 Å². The lowest BCUT2D eigenvalue weighted by Crippen LogP contribution is -2.56. The molecule has 0 spiro atoms. The molecule has 3 atom stereocenters. The fourth-order valence-electron chi connectivity index (χ4n) is 6.01. The first-order chi connectivity index (χ1) is 20.1. The lowest BCUT2D eigenvalue weighted by Gasteiger charge is -2.42. The van der Waals surface area contributed by atoms with Gasteiger partial charge in [-0.15, -0.1) is 0 Å². The van der Waals surface area contributed by atoms with Crippen molar-refractivity contribution < 1.29 is 18.7 Å². The number of rotatable bonds is 7. The van der Waals surface area contributed by atoms with Gasteiger partial charge in [0.05, 0.1) is 24.2 Å². The van der Waals surface area contributed by atoms with E-state index in [1.807, 2.05) is 38.8 Å². The quantitative estimate of drug-likeness (QED) is 0.485. The van der Waals surface area contributed by atoms with Gasteiger partial charge in [0.1, 0.15) is 24.2 Å². The Bertz CT molecular complexity index is 1280. The van der Waals surface area contributed by atoms with Crippen molar-refractivity contribution in [2.24, 2.45) is 0 Å². The van der Waals surface area contributed by atoms with E-state index in [0.29, 0.717) is 45.8 Å². The van der Waals surface area contributed by atoms with Gasteiger partial charge in [-0.1, -0.05) is 30.3 Å². The molecule has 1 aromatic heterocycles. The molecule has 4 heterocycles. The minimum Gasteiger partial charge on any atom is -0.462 e. The van der Waals surface area contributed by atoms with E-state index in [9.17, 15) is 14.4 Å². The van der Waals surface area contributed by atoms with Crippen molar-refractivity contribution in [1.29, 1.82) is 5.26 Å². The summed E-state index contributed by atoms with van der Waals surface area (Å²) >= 11 is 0. The number of alkyl halides is 1. The fraction of sp³-hybridized carbons (Fsp3) is 0.613. The Morgan fingerprint density at radius 3 is 2.60 bits per heavy atom. The molecule has 3 aliphatic heterocycles. The molecule has 5 rings (SSSR count). The van der Waals surface area contributed by atoms with Crippen molar-refractivity contribution in [3.8, 4) is 12.1 Å². The van der Waals surface area contributed by atoms with E-state index in [1.54, 1.807) is 4.90 Å². The van der Waals surface area contributed by atoms with Crippen LogP contribution in [-0.2, 0) is 24.2 Å². The number of nitrogens with zero attached hydrogens (tertiary/aromatic N) is 7. The van der Waals surface area contributed by atoms with Crippen molar-refractivity contribution in [2.75, 3.05) is 51.3 Å². The van der Waals surface area contributed by atoms with Crippen LogP contribution in [0.2, 0.25) is 0 Å². The van der Waals surface area contributed by atoms with Crippen LogP contribution in [0.15, 0.2) is 30.3 Å². The van der Waals surface area contributed by atoms with Gasteiger partial charge < -0.3 is 19.3 Å². The molecule has 2 aromatic rings. The largest absolute Gasteiger partial charge is 0.462 e. The number of benzene rings is 1.